The van der Waals surface area contributed by atoms with Crippen LogP contribution in [0.5, 0.6) is 17.2 Å². The van der Waals surface area contributed by atoms with Gasteiger partial charge in [-0.25, -0.2) is 0 Å². The summed E-state index contributed by atoms with van der Waals surface area (Å²) in [5.41, 5.74) is 2.41. The lowest BCUT2D eigenvalue weighted by Gasteiger charge is -2.33. The zero-order valence-corrected chi connectivity index (χ0v) is 15.8. The highest BCUT2D eigenvalue weighted by Crippen LogP contribution is 2.28. The molecule has 0 aliphatic carbocycles. The molecule has 1 saturated heterocycles. The van der Waals surface area contributed by atoms with Crippen molar-refractivity contribution in [2.45, 2.75) is 25.4 Å². The van der Waals surface area contributed by atoms with Crippen molar-refractivity contribution in [2.24, 2.45) is 0 Å². The minimum absolute atomic E-state index is 0.519. The highest BCUT2D eigenvalue weighted by molar-refractivity contribution is 5.47. The summed E-state index contributed by atoms with van der Waals surface area (Å²) < 4.78 is 15.9. The maximum Gasteiger partial charge on any atom is 0.161 e. The minimum Gasteiger partial charge on any atom is -0.497 e. The Kier molecular flexibility index (Phi) is 6.23. The van der Waals surface area contributed by atoms with Gasteiger partial charge in [-0.1, -0.05) is 6.07 Å². The molecule has 2 aromatic carbocycles. The second-order valence-electron chi connectivity index (χ2n) is 6.61. The molecular weight excluding hydrogens is 328 g/mol. The Hall–Kier alpha value is -2.40. The summed E-state index contributed by atoms with van der Waals surface area (Å²) in [6.07, 6.45) is 2.28. The molecule has 1 heterocycles. The molecule has 0 bridgehead atoms. The summed E-state index contributed by atoms with van der Waals surface area (Å²) in [6, 6.07) is 14.8. The molecule has 0 atom stereocenters. The molecule has 1 aliphatic heterocycles. The summed E-state index contributed by atoms with van der Waals surface area (Å²) in [5, 5.41) is 3.63. The number of hydrogen-bond acceptors (Lipinski definition) is 5. The minimum atomic E-state index is 0.519. The smallest absolute Gasteiger partial charge is 0.161 e. The van der Waals surface area contributed by atoms with E-state index in [1.54, 1.807) is 21.3 Å². The maximum absolute atomic E-state index is 5.40. The van der Waals surface area contributed by atoms with Crippen LogP contribution < -0.4 is 19.5 Å². The van der Waals surface area contributed by atoms with Crippen molar-refractivity contribution in [1.82, 2.24) is 4.90 Å². The van der Waals surface area contributed by atoms with E-state index in [0.717, 1.165) is 55.4 Å². The predicted molar refractivity (Wildman–Crippen MR) is 104 cm³/mol. The first-order valence-electron chi connectivity index (χ1n) is 9.05. The van der Waals surface area contributed by atoms with Gasteiger partial charge < -0.3 is 19.5 Å². The van der Waals surface area contributed by atoms with Crippen LogP contribution >= 0.6 is 0 Å². The van der Waals surface area contributed by atoms with Gasteiger partial charge >= 0.3 is 0 Å². The molecule has 140 valence electrons. The second-order valence-corrected chi connectivity index (χ2v) is 6.61. The zero-order valence-electron chi connectivity index (χ0n) is 15.8. The molecule has 26 heavy (non-hydrogen) atoms. The first-order chi connectivity index (χ1) is 12.7. The van der Waals surface area contributed by atoms with Crippen LogP contribution in [-0.2, 0) is 6.54 Å². The standard InChI is InChI=1S/C21H28N2O3/c1-24-19-7-5-17(6-8-19)22-18-10-12-23(13-11-18)15-16-4-9-20(25-2)21(14-16)26-3/h4-9,14,18,22H,10-13,15H2,1-3H3. The molecule has 3 rings (SSSR count). The number of ether oxygens (including phenoxy) is 3. The first-order valence-corrected chi connectivity index (χ1v) is 9.05. The van der Waals surface area contributed by atoms with E-state index in [4.69, 9.17) is 14.2 Å². The number of likely N-dealkylation sites (tertiary alicyclic amines) is 1. The van der Waals surface area contributed by atoms with Crippen molar-refractivity contribution in [1.29, 1.82) is 0 Å². The third-order valence-corrected chi connectivity index (χ3v) is 4.90. The Morgan fingerprint density at radius 2 is 1.58 bits per heavy atom. The highest BCUT2D eigenvalue weighted by Gasteiger charge is 2.19. The highest BCUT2D eigenvalue weighted by atomic mass is 16.5. The number of nitrogens with zero attached hydrogens (tertiary/aromatic N) is 1. The van der Waals surface area contributed by atoms with E-state index >= 15 is 0 Å². The number of anilines is 1. The third kappa shape index (κ3) is 4.61. The monoisotopic (exact) mass is 356 g/mol. The van der Waals surface area contributed by atoms with Gasteiger partial charge in [0.15, 0.2) is 11.5 Å². The lowest BCUT2D eigenvalue weighted by molar-refractivity contribution is 0.211. The average Bonchev–Trinajstić information content (AvgIpc) is 2.70. The van der Waals surface area contributed by atoms with Gasteiger partial charge in [0.2, 0.25) is 0 Å². The van der Waals surface area contributed by atoms with Gasteiger partial charge in [0.25, 0.3) is 0 Å². The number of nitrogens with one attached hydrogen (secondary N) is 1. The van der Waals surface area contributed by atoms with E-state index < -0.39 is 0 Å². The summed E-state index contributed by atoms with van der Waals surface area (Å²) in [6.45, 7) is 3.11. The first kappa shape index (κ1) is 18.4. The van der Waals surface area contributed by atoms with Crippen LogP contribution in [0.1, 0.15) is 18.4 Å². The molecular formula is C21H28N2O3. The Bertz CT molecular complexity index is 695. The van der Waals surface area contributed by atoms with Crippen molar-refractivity contribution < 1.29 is 14.2 Å². The van der Waals surface area contributed by atoms with Crippen molar-refractivity contribution in [3.05, 3.63) is 48.0 Å². The van der Waals surface area contributed by atoms with Crippen LogP contribution in [0.2, 0.25) is 0 Å². The fraction of sp³-hybridized carbons (Fsp3) is 0.429. The fourth-order valence-corrected chi connectivity index (χ4v) is 3.40. The van der Waals surface area contributed by atoms with Crippen LogP contribution in [0.3, 0.4) is 0 Å². The lowest BCUT2D eigenvalue weighted by Crippen LogP contribution is -2.38. The molecule has 0 spiro atoms. The largest absolute Gasteiger partial charge is 0.497 e. The molecule has 0 unspecified atom stereocenters. The van der Waals surface area contributed by atoms with E-state index in [-0.39, 0.29) is 0 Å². The number of piperidine rings is 1. The molecule has 1 aliphatic rings. The molecule has 0 amide bonds. The van der Waals surface area contributed by atoms with Gasteiger partial charge in [-0.15, -0.1) is 0 Å². The Morgan fingerprint density at radius 3 is 2.19 bits per heavy atom. The van der Waals surface area contributed by atoms with Crippen LogP contribution in [0.4, 0.5) is 5.69 Å². The van der Waals surface area contributed by atoms with Crippen LogP contribution in [-0.4, -0.2) is 45.4 Å². The summed E-state index contributed by atoms with van der Waals surface area (Å²) in [7, 11) is 5.03. The van der Waals surface area contributed by atoms with Crippen LogP contribution in [0.25, 0.3) is 0 Å². The summed E-state index contributed by atoms with van der Waals surface area (Å²) >= 11 is 0. The van der Waals surface area contributed by atoms with Gasteiger partial charge in [-0.3, -0.25) is 4.90 Å². The van der Waals surface area contributed by atoms with Gasteiger partial charge in [0.05, 0.1) is 21.3 Å². The molecule has 5 nitrogen and oxygen atoms in total. The maximum atomic E-state index is 5.40. The number of rotatable bonds is 7. The second kappa shape index (κ2) is 8.81. The van der Waals surface area contributed by atoms with Crippen LogP contribution in [0, 0.1) is 0 Å². The number of benzene rings is 2. The van der Waals surface area contributed by atoms with Crippen molar-refractivity contribution in [2.75, 3.05) is 39.7 Å². The van der Waals surface area contributed by atoms with Crippen molar-refractivity contribution in [3.63, 3.8) is 0 Å². The Labute approximate surface area is 155 Å². The van der Waals surface area contributed by atoms with Gasteiger partial charge in [0, 0.05) is 31.4 Å². The van der Waals surface area contributed by atoms with E-state index in [0.29, 0.717) is 6.04 Å². The molecule has 5 heteroatoms. The molecule has 1 N–H and O–H groups in total. The molecule has 0 saturated carbocycles. The molecule has 1 fully saturated rings. The quantitative estimate of drug-likeness (QED) is 0.818. The van der Waals surface area contributed by atoms with Crippen molar-refractivity contribution >= 4 is 5.69 Å². The van der Waals surface area contributed by atoms with Gasteiger partial charge in [-0.2, -0.15) is 0 Å². The summed E-state index contributed by atoms with van der Waals surface area (Å²) in [4.78, 5) is 2.49. The SMILES string of the molecule is COc1ccc(NC2CCN(Cc3ccc(OC)c(OC)c3)CC2)cc1. The normalized spacial score (nSPS) is 15.5. The zero-order chi connectivity index (χ0) is 18.4. The van der Waals surface area contributed by atoms with E-state index in [9.17, 15) is 0 Å². The fourth-order valence-electron chi connectivity index (χ4n) is 3.40. The lowest BCUT2D eigenvalue weighted by atomic mass is 10.0. The van der Waals surface area contributed by atoms with Gasteiger partial charge in [-0.05, 0) is 54.8 Å². The van der Waals surface area contributed by atoms with Crippen LogP contribution in [0.15, 0.2) is 42.5 Å². The third-order valence-electron chi connectivity index (χ3n) is 4.90. The van der Waals surface area contributed by atoms with E-state index in [1.165, 1.54) is 5.56 Å². The van der Waals surface area contributed by atoms with Crippen molar-refractivity contribution in [3.8, 4) is 17.2 Å². The number of methoxy groups -OCH3 is 3. The predicted octanol–water partition coefficient (Wildman–Crippen LogP) is 3.79. The molecule has 2 aromatic rings. The topological polar surface area (TPSA) is 43.0 Å². The van der Waals surface area contributed by atoms with Gasteiger partial charge in [0.1, 0.15) is 5.75 Å². The average molecular weight is 356 g/mol. The Balaban J connectivity index is 1.50. The van der Waals surface area contributed by atoms with E-state index in [1.807, 2.05) is 18.2 Å². The molecule has 0 aromatic heterocycles. The molecule has 0 radical (unpaired) electrons. The van der Waals surface area contributed by atoms with E-state index in [2.05, 4.69) is 34.5 Å². The summed E-state index contributed by atoms with van der Waals surface area (Å²) in [5.74, 6) is 2.46. The Morgan fingerprint density at radius 1 is 0.885 bits per heavy atom. The number of hydrogen-bond donors (Lipinski definition) is 1.